The zero-order chi connectivity index (χ0) is 18.4. The summed E-state index contributed by atoms with van der Waals surface area (Å²) in [5.74, 6) is 0.000608. The second-order valence-electron chi connectivity index (χ2n) is 7.04. The van der Waals surface area contributed by atoms with Crippen LogP contribution in [0, 0.1) is 12.8 Å². The Hall–Kier alpha value is -2.64. The van der Waals surface area contributed by atoms with Crippen molar-refractivity contribution in [2.24, 2.45) is 11.0 Å². The molecule has 6 nitrogen and oxygen atoms in total. The van der Waals surface area contributed by atoms with E-state index in [1.807, 2.05) is 37.4 Å². The Morgan fingerprint density at radius 3 is 3.07 bits per heavy atom. The molecule has 2 aliphatic heterocycles. The lowest BCUT2D eigenvalue weighted by atomic mass is 9.94. The van der Waals surface area contributed by atoms with E-state index >= 15 is 0 Å². The third kappa shape index (κ3) is 3.02. The van der Waals surface area contributed by atoms with E-state index < -0.39 is 0 Å². The normalized spacial score (nSPS) is 20.2. The average molecular weight is 377 g/mol. The van der Waals surface area contributed by atoms with E-state index in [1.165, 1.54) is 5.56 Å². The van der Waals surface area contributed by atoms with Gasteiger partial charge in [-0.25, -0.2) is 9.99 Å². The molecule has 0 bridgehead atoms. The summed E-state index contributed by atoms with van der Waals surface area (Å²) in [5, 5.41) is 7.31. The molecule has 1 aromatic carbocycles. The molecule has 0 radical (unpaired) electrons. The van der Waals surface area contributed by atoms with Crippen molar-refractivity contribution < 1.29 is 4.79 Å². The van der Waals surface area contributed by atoms with Crippen LogP contribution in [0.3, 0.4) is 0 Å². The fourth-order valence-corrected chi connectivity index (χ4v) is 4.68. The van der Waals surface area contributed by atoms with Gasteiger partial charge in [-0.2, -0.15) is 5.10 Å². The number of carbonyl (C=O) groups is 1. The van der Waals surface area contributed by atoms with E-state index in [9.17, 15) is 4.79 Å². The van der Waals surface area contributed by atoms with Crippen molar-refractivity contribution in [1.82, 2.24) is 14.9 Å². The largest absolute Gasteiger partial charge is 0.293 e. The fourth-order valence-electron chi connectivity index (χ4n) is 3.82. The van der Waals surface area contributed by atoms with Gasteiger partial charge in [-0.1, -0.05) is 6.07 Å². The third-order valence-electron chi connectivity index (χ3n) is 5.11. The number of fused-ring (bicyclic) bond motifs is 2. The molecule has 2 aliphatic rings. The molecule has 4 heterocycles. The van der Waals surface area contributed by atoms with Gasteiger partial charge < -0.3 is 0 Å². The summed E-state index contributed by atoms with van der Waals surface area (Å²) in [6, 6.07) is 9.97. The molecule has 7 heteroatoms. The minimum Gasteiger partial charge on any atom is -0.293 e. The highest BCUT2D eigenvalue weighted by Crippen LogP contribution is 2.32. The lowest BCUT2D eigenvalue weighted by Gasteiger charge is -2.29. The Balaban J connectivity index is 1.38. The number of anilines is 1. The van der Waals surface area contributed by atoms with Crippen molar-refractivity contribution in [1.29, 1.82) is 0 Å². The first-order valence-corrected chi connectivity index (χ1v) is 9.89. The predicted molar refractivity (Wildman–Crippen MR) is 107 cm³/mol. The van der Waals surface area contributed by atoms with Crippen molar-refractivity contribution in [2.45, 2.75) is 19.9 Å². The number of rotatable bonds is 3. The van der Waals surface area contributed by atoms with Gasteiger partial charge in [-0.05, 0) is 43.2 Å². The Morgan fingerprint density at radius 2 is 2.22 bits per heavy atom. The van der Waals surface area contributed by atoms with E-state index in [0.29, 0.717) is 0 Å². The summed E-state index contributed by atoms with van der Waals surface area (Å²) >= 11 is 1.64. The smallest absolute Gasteiger partial charge is 0.256 e. The SMILES string of the molecule is Cc1nc2ccc(N3N=C4CN(Cc5cccnc5)CCC4C3=O)cc2s1. The van der Waals surface area contributed by atoms with Crippen LogP contribution in [0.25, 0.3) is 10.2 Å². The summed E-state index contributed by atoms with van der Waals surface area (Å²) in [6.45, 7) is 4.45. The quantitative estimate of drug-likeness (QED) is 0.703. The summed E-state index contributed by atoms with van der Waals surface area (Å²) in [7, 11) is 0. The van der Waals surface area contributed by atoms with Crippen molar-refractivity contribution in [2.75, 3.05) is 18.1 Å². The first-order valence-electron chi connectivity index (χ1n) is 9.07. The Kier molecular flexibility index (Phi) is 3.98. The van der Waals surface area contributed by atoms with Gasteiger partial charge in [0.25, 0.3) is 5.91 Å². The Labute approximate surface area is 161 Å². The maximum absolute atomic E-state index is 12.9. The van der Waals surface area contributed by atoms with Crippen LogP contribution < -0.4 is 5.01 Å². The molecule has 1 amide bonds. The van der Waals surface area contributed by atoms with Gasteiger partial charge in [-0.3, -0.25) is 14.7 Å². The summed E-state index contributed by atoms with van der Waals surface area (Å²) in [6.07, 6.45) is 4.50. The number of hydrogen-bond acceptors (Lipinski definition) is 6. The molecule has 3 aromatic rings. The number of hydrogen-bond donors (Lipinski definition) is 0. The first kappa shape index (κ1) is 16.5. The number of hydrazone groups is 1. The second kappa shape index (κ2) is 6.51. The highest BCUT2D eigenvalue weighted by atomic mass is 32.1. The average Bonchev–Trinajstić information content (AvgIpc) is 3.21. The van der Waals surface area contributed by atoms with Crippen molar-refractivity contribution >= 4 is 38.9 Å². The summed E-state index contributed by atoms with van der Waals surface area (Å²) in [4.78, 5) is 23.9. The van der Waals surface area contributed by atoms with Crippen molar-refractivity contribution in [3.8, 4) is 0 Å². The van der Waals surface area contributed by atoms with Crippen LogP contribution in [0.4, 0.5) is 5.69 Å². The van der Waals surface area contributed by atoms with Crippen LogP contribution in [0.5, 0.6) is 0 Å². The number of aryl methyl sites for hydroxylation is 1. The zero-order valence-electron chi connectivity index (χ0n) is 15.0. The van der Waals surface area contributed by atoms with Crippen LogP contribution in [0.15, 0.2) is 47.8 Å². The van der Waals surface area contributed by atoms with E-state index in [-0.39, 0.29) is 11.8 Å². The number of aromatic nitrogens is 2. The topological polar surface area (TPSA) is 61.7 Å². The monoisotopic (exact) mass is 377 g/mol. The summed E-state index contributed by atoms with van der Waals surface area (Å²) < 4.78 is 1.09. The molecular formula is C20H19N5OS. The van der Waals surface area contributed by atoms with Crippen molar-refractivity contribution in [3.05, 3.63) is 53.3 Å². The third-order valence-corrected chi connectivity index (χ3v) is 6.04. The van der Waals surface area contributed by atoms with Crippen molar-refractivity contribution in [3.63, 3.8) is 0 Å². The van der Waals surface area contributed by atoms with E-state index in [0.717, 1.165) is 52.7 Å². The Morgan fingerprint density at radius 1 is 1.30 bits per heavy atom. The van der Waals surface area contributed by atoms with Gasteiger partial charge in [0.05, 0.1) is 32.5 Å². The van der Waals surface area contributed by atoms with Gasteiger partial charge in [0.15, 0.2) is 0 Å². The first-order chi connectivity index (χ1) is 13.2. The molecule has 1 fully saturated rings. The van der Waals surface area contributed by atoms with Gasteiger partial charge in [0, 0.05) is 32.0 Å². The van der Waals surface area contributed by atoms with Crippen LogP contribution >= 0.6 is 11.3 Å². The fraction of sp³-hybridized carbons (Fsp3) is 0.300. The van der Waals surface area contributed by atoms with E-state index in [4.69, 9.17) is 5.10 Å². The lowest BCUT2D eigenvalue weighted by Crippen LogP contribution is -2.41. The number of thiazole rings is 1. The molecular weight excluding hydrogens is 358 g/mol. The Bertz CT molecular complexity index is 1040. The molecule has 0 spiro atoms. The highest BCUT2D eigenvalue weighted by molar-refractivity contribution is 7.18. The van der Waals surface area contributed by atoms with Gasteiger partial charge in [0.2, 0.25) is 0 Å². The number of benzene rings is 1. The van der Waals surface area contributed by atoms with Gasteiger partial charge in [0.1, 0.15) is 0 Å². The number of nitrogens with zero attached hydrogens (tertiary/aromatic N) is 5. The molecule has 0 N–H and O–H groups in total. The van der Waals surface area contributed by atoms with Crippen LogP contribution in [-0.4, -0.2) is 39.6 Å². The number of likely N-dealkylation sites (tertiary alicyclic amines) is 1. The molecule has 1 atom stereocenters. The minimum atomic E-state index is -0.0888. The molecule has 0 aliphatic carbocycles. The van der Waals surface area contributed by atoms with Crippen LogP contribution in [0.2, 0.25) is 0 Å². The number of pyridine rings is 1. The van der Waals surface area contributed by atoms with E-state index in [2.05, 4.69) is 20.9 Å². The van der Waals surface area contributed by atoms with E-state index in [1.54, 1.807) is 22.5 Å². The molecule has 1 unspecified atom stereocenters. The highest BCUT2D eigenvalue weighted by Gasteiger charge is 2.39. The molecule has 5 rings (SSSR count). The van der Waals surface area contributed by atoms with Crippen LogP contribution in [-0.2, 0) is 11.3 Å². The minimum absolute atomic E-state index is 0.0888. The standard InChI is InChI=1S/C20H19N5OS/c1-13-22-17-5-4-15(9-19(17)27-13)25-20(26)16-6-8-24(12-18(16)23-25)11-14-3-2-7-21-10-14/h2-5,7,9-10,16H,6,8,11-12H2,1H3. The van der Waals surface area contributed by atoms with Gasteiger partial charge >= 0.3 is 0 Å². The molecule has 1 saturated heterocycles. The lowest BCUT2D eigenvalue weighted by molar-refractivity contribution is -0.120. The van der Waals surface area contributed by atoms with Crippen LogP contribution in [0.1, 0.15) is 17.0 Å². The maximum Gasteiger partial charge on any atom is 0.256 e. The zero-order valence-corrected chi connectivity index (χ0v) is 15.8. The number of carbonyl (C=O) groups excluding carboxylic acids is 1. The second-order valence-corrected chi connectivity index (χ2v) is 8.27. The predicted octanol–water partition coefficient (Wildman–Crippen LogP) is 3.22. The maximum atomic E-state index is 12.9. The van der Waals surface area contributed by atoms with Gasteiger partial charge in [-0.15, -0.1) is 11.3 Å². The molecule has 2 aromatic heterocycles. The molecule has 27 heavy (non-hydrogen) atoms. The molecule has 0 saturated carbocycles. The summed E-state index contributed by atoms with van der Waals surface area (Å²) in [5.41, 5.74) is 3.96. The number of piperidine rings is 1. The molecule has 136 valence electrons. The number of amides is 1.